The first-order chi connectivity index (χ1) is 19.2. The van der Waals surface area contributed by atoms with Crippen molar-refractivity contribution in [2.75, 3.05) is 52.9 Å². The highest BCUT2D eigenvalue weighted by molar-refractivity contribution is 7.96. The zero-order valence-corrected chi connectivity index (χ0v) is 24.2. The number of rotatable bonds is 14. The van der Waals surface area contributed by atoms with E-state index in [-0.39, 0.29) is 17.1 Å². The molecule has 1 aliphatic rings. The molecule has 0 aliphatic carbocycles. The minimum Gasteiger partial charge on any atom is -0.493 e. The number of aromatic nitrogens is 2. The Balaban J connectivity index is 0.00000294. The lowest BCUT2D eigenvalue weighted by molar-refractivity contribution is 0.0254. The highest BCUT2D eigenvalue weighted by atomic mass is 32.2. The molecule has 0 saturated carbocycles. The van der Waals surface area contributed by atoms with E-state index in [0.717, 1.165) is 36.2 Å². The lowest BCUT2D eigenvalue weighted by atomic mass is 10.1. The van der Waals surface area contributed by atoms with Gasteiger partial charge in [-0.25, -0.2) is 9.97 Å². The van der Waals surface area contributed by atoms with E-state index in [4.69, 9.17) is 28.7 Å². The fourth-order valence-electron chi connectivity index (χ4n) is 4.15. The molecule has 0 spiro atoms. The lowest BCUT2D eigenvalue weighted by Crippen LogP contribution is -2.26. The van der Waals surface area contributed by atoms with Crippen LogP contribution in [0, 0.1) is 11.3 Å². The molecule has 41 heavy (non-hydrogen) atoms. The van der Waals surface area contributed by atoms with E-state index in [1.54, 1.807) is 25.3 Å². The number of methoxy groups -OCH3 is 1. The zero-order chi connectivity index (χ0) is 27.3. The van der Waals surface area contributed by atoms with Crippen LogP contribution in [0.1, 0.15) is 29.8 Å². The minimum atomic E-state index is 0. The average Bonchev–Trinajstić information content (AvgIpc) is 2.98. The van der Waals surface area contributed by atoms with Gasteiger partial charge in [-0.2, -0.15) is 5.26 Å². The van der Waals surface area contributed by atoms with Gasteiger partial charge < -0.3 is 34.6 Å². The molecule has 222 valence electrons. The number of nitriles is 1. The topological polar surface area (TPSA) is 171 Å². The monoisotopic (exact) mass is 586 g/mol. The maximum atomic E-state index is 9.73. The van der Waals surface area contributed by atoms with Crippen LogP contribution in [-0.4, -0.2) is 80.0 Å². The molecular formula is C29H38N4O7S. The second-order valence-electron chi connectivity index (χ2n) is 8.83. The first-order valence-corrected chi connectivity index (χ1v) is 14.2. The molecule has 1 aromatic heterocycles. The summed E-state index contributed by atoms with van der Waals surface area (Å²) in [6, 6.07) is 15.5. The second-order valence-corrected chi connectivity index (χ2v) is 9.53. The smallest absolute Gasteiger partial charge is 0.161 e. The summed E-state index contributed by atoms with van der Waals surface area (Å²) < 4.78 is 31.6. The summed E-state index contributed by atoms with van der Waals surface area (Å²) in [7, 11) is 1.62. The highest BCUT2D eigenvalue weighted by Gasteiger charge is 2.18. The van der Waals surface area contributed by atoms with E-state index in [2.05, 4.69) is 15.8 Å². The maximum Gasteiger partial charge on any atom is 0.161 e. The summed E-state index contributed by atoms with van der Waals surface area (Å²) in [6.45, 7) is 3.72. The van der Waals surface area contributed by atoms with E-state index in [1.807, 2.05) is 48.7 Å². The summed E-state index contributed by atoms with van der Waals surface area (Å²) in [6.07, 6.45) is 5.95. The van der Waals surface area contributed by atoms with Gasteiger partial charge in [0.05, 0.1) is 44.8 Å². The standard InChI is InChI=1S/C29H34N4O5S.2H2O/c1-34-28-17-21(3-5-27(28)37-16-15-36-14-11-32-39-2)18-29-31-10-7-25(33-29)22-4-6-26(23(19-22)20-30)38-24-8-12-35-13-9-24;;/h3-7,10,17,19,24,32H,8-9,11-16,18H2,1-2H3;2*1H2. The molecule has 3 aromatic rings. The molecule has 0 unspecified atom stereocenters. The van der Waals surface area contributed by atoms with Crippen molar-refractivity contribution < 1.29 is 34.6 Å². The van der Waals surface area contributed by atoms with Crippen molar-refractivity contribution in [3.8, 4) is 34.6 Å². The van der Waals surface area contributed by atoms with Gasteiger partial charge in [-0.1, -0.05) is 18.0 Å². The molecule has 0 atom stereocenters. The van der Waals surface area contributed by atoms with Gasteiger partial charge in [0.15, 0.2) is 11.5 Å². The fraction of sp³-hybridized carbons (Fsp3) is 0.414. The predicted molar refractivity (Wildman–Crippen MR) is 158 cm³/mol. The minimum absolute atomic E-state index is 0. The molecule has 11 nitrogen and oxygen atoms in total. The Kier molecular flexibility index (Phi) is 14.9. The molecule has 0 radical (unpaired) electrons. The van der Waals surface area contributed by atoms with E-state index in [9.17, 15) is 5.26 Å². The number of nitrogens with one attached hydrogen (secondary N) is 1. The molecule has 1 saturated heterocycles. The van der Waals surface area contributed by atoms with Gasteiger partial charge in [0.25, 0.3) is 0 Å². The van der Waals surface area contributed by atoms with Gasteiger partial charge in [-0.15, -0.1) is 0 Å². The average molecular weight is 587 g/mol. The molecule has 2 heterocycles. The van der Waals surface area contributed by atoms with Gasteiger partial charge in [0, 0.05) is 37.6 Å². The third-order valence-corrected chi connectivity index (χ3v) is 6.62. The van der Waals surface area contributed by atoms with Crippen LogP contribution in [-0.2, 0) is 15.9 Å². The second kappa shape index (κ2) is 18.1. The van der Waals surface area contributed by atoms with Gasteiger partial charge >= 0.3 is 0 Å². The van der Waals surface area contributed by atoms with Crippen molar-refractivity contribution in [1.82, 2.24) is 14.7 Å². The zero-order valence-electron chi connectivity index (χ0n) is 23.4. The molecule has 5 N–H and O–H groups in total. The van der Waals surface area contributed by atoms with Crippen LogP contribution >= 0.6 is 11.9 Å². The van der Waals surface area contributed by atoms with Gasteiger partial charge in [0.2, 0.25) is 0 Å². The molecule has 2 aromatic carbocycles. The first kappa shape index (κ1) is 33.8. The molecule has 1 aliphatic heterocycles. The SMILES string of the molecule is COc1cc(Cc2nccc(-c3ccc(OC4CCOCC4)c(C#N)c3)n2)ccc1OCCOCCNSC.O.O. The Hall–Kier alpha value is -3.44. The van der Waals surface area contributed by atoms with Crippen LogP contribution in [0.25, 0.3) is 11.3 Å². The van der Waals surface area contributed by atoms with Crippen molar-refractivity contribution in [3.63, 3.8) is 0 Å². The molecule has 1 fully saturated rings. The summed E-state index contributed by atoms with van der Waals surface area (Å²) in [5.41, 5.74) is 3.06. The number of nitrogens with zero attached hydrogens (tertiary/aromatic N) is 3. The van der Waals surface area contributed by atoms with Crippen LogP contribution in [0.5, 0.6) is 17.2 Å². The molecule has 4 rings (SSSR count). The largest absolute Gasteiger partial charge is 0.493 e. The van der Waals surface area contributed by atoms with Crippen LogP contribution in [0.2, 0.25) is 0 Å². The Bertz CT molecular complexity index is 1250. The number of benzene rings is 2. The number of ether oxygens (including phenoxy) is 5. The third-order valence-electron chi connectivity index (χ3n) is 6.13. The Morgan fingerprint density at radius 1 is 1.02 bits per heavy atom. The Morgan fingerprint density at radius 2 is 1.83 bits per heavy atom. The predicted octanol–water partition coefficient (Wildman–Crippen LogP) is 2.79. The molecule has 0 amide bonds. The van der Waals surface area contributed by atoms with Crippen LogP contribution in [0.15, 0.2) is 48.7 Å². The molecule has 12 heteroatoms. The van der Waals surface area contributed by atoms with Crippen LogP contribution < -0.4 is 18.9 Å². The van der Waals surface area contributed by atoms with Crippen molar-refractivity contribution in [2.45, 2.75) is 25.4 Å². The summed E-state index contributed by atoms with van der Waals surface area (Å²) in [5.74, 6) is 2.56. The van der Waals surface area contributed by atoms with Crippen molar-refractivity contribution >= 4 is 11.9 Å². The normalized spacial score (nSPS) is 12.9. The number of hydrogen-bond donors (Lipinski definition) is 1. The van der Waals surface area contributed by atoms with Crippen molar-refractivity contribution in [1.29, 1.82) is 5.26 Å². The van der Waals surface area contributed by atoms with Crippen LogP contribution in [0.3, 0.4) is 0 Å². The first-order valence-electron chi connectivity index (χ1n) is 12.9. The van der Waals surface area contributed by atoms with Crippen molar-refractivity contribution in [3.05, 3.63) is 65.6 Å². The van der Waals surface area contributed by atoms with E-state index in [0.29, 0.717) is 68.1 Å². The third kappa shape index (κ3) is 10.2. The Morgan fingerprint density at radius 3 is 2.59 bits per heavy atom. The summed E-state index contributed by atoms with van der Waals surface area (Å²) in [5, 5.41) is 9.73. The van der Waals surface area contributed by atoms with Gasteiger partial charge in [-0.05, 0) is 48.2 Å². The lowest BCUT2D eigenvalue weighted by Gasteiger charge is -2.23. The highest BCUT2D eigenvalue weighted by Crippen LogP contribution is 2.30. The van der Waals surface area contributed by atoms with Crippen LogP contribution in [0.4, 0.5) is 0 Å². The molecular weight excluding hydrogens is 548 g/mol. The fourth-order valence-corrected chi connectivity index (χ4v) is 4.44. The van der Waals surface area contributed by atoms with Crippen molar-refractivity contribution in [2.24, 2.45) is 0 Å². The Labute approximate surface area is 244 Å². The number of hydrogen-bond acceptors (Lipinski definition) is 10. The quantitative estimate of drug-likeness (QED) is 0.219. The van der Waals surface area contributed by atoms with Gasteiger partial charge in [0.1, 0.15) is 30.4 Å². The molecule has 0 bridgehead atoms. The van der Waals surface area contributed by atoms with Gasteiger partial charge in [-0.3, -0.25) is 4.72 Å². The summed E-state index contributed by atoms with van der Waals surface area (Å²) >= 11 is 1.57. The maximum absolute atomic E-state index is 9.73. The van der Waals surface area contributed by atoms with E-state index < -0.39 is 0 Å². The van der Waals surface area contributed by atoms with E-state index >= 15 is 0 Å². The van der Waals surface area contributed by atoms with E-state index in [1.165, 1.54) is 0 Å². The summed E-state index contributed by atoms with van der Waals surface area (Å²) in [4.78, 5) is 9.21.